The number of carbonyl (C=O) groups is 2. The Hall–Kier alpha value is -3.66. The van der Waals surface area contributed by atoms with Gasteiger partial charge in [-0.15, -0.1) is 0 Å². The number of unbranched alkanes of at least 4 members (excludes halogenated alkanes) is 12. The fourth-order valence-electron chi connectivity index (χ4n) is 6.52. The van der Waals surface area contributed by atoms with Gasteiger partial charge >= 0.3 is 0 Å². The summed E-state index contributed by atoms with van der Waals surface area (Å²) in [7, 11) is 0. The van der Waals surface area contributed by atoms with Crippen molar-refractivity contribution in [1.82, 2.24) is 5.43 Å². The van der Waals surface area contributed by atoms with E-state index in [9.17, 15) is 14.7 Å². The lowest BCUT2D eigenvalue weighted by atomic mass is 9.99. The molecule has 1 aliphatic rings. The highest BCUT2D eigenvalue weighted by atomic mass is 35.5. The molecule has 292 valence electrons. The highest BCUT2D eigenvalue weighted by Gasteiger charge is 2.40. The van der Waals surface area contributed by atoms with Gasteiger partial charge in [-0.1, -0.05) is 133 Å². The number of phenols is 1. The summed E-state index contributed by atoms with van der Waals surface area (Å²) in [6, 6.07) is 10.5. The second-order valence-corrected chi connectivity index (χ2v) is 15.8. The van der Waals surface area contributed by atoms with Crippen molar-refractivity contribution in [3.63, 3.8) is 0 Å². The number of benzene rings is 3. The molecule has 3 aromatic rings. The van der Waals surface area contributed by atoms with Gasteiger partial charge in [0.2, 0.25) is 11.9 Å². The summed E-state index contributed by atoms with van der Waals surface area (Å²) < 4.78 is 0. The molecule has 1 fully saturated rings. The zero-order chi connectivity index (χ0) is 39.2. The van der Waals surface area contributed by atoms with Crippen molar-refractivity contribution in [2.45, 2.75) is 136 Å². The van der Waals surface area contributed by atoms with Crippen LogP contribution in [0.4, 0.5) is 22.7 Å². The molecule has 1 heterocycles. The topological polar surface area (TPSA) is 119 Å². The molecule has 4 rings (SSSR count). The number of aromatic hydroxyl groups is 1. The zero-order valence-corrected chi connectivity index (χ0v) is 34.5. The number of rotatable bonds is 20. The first-order chi connectivity index (χ1) is 25.9. The molecule has 12 heteroatoms. The van der Waals surface area contributed by atoms with Crippen LogP contribution in [0.3, 0.4) is 0 Å². The molecule has 0 aromatic heterocycles. The first kappa shape index (κ1) is 43.1. The maximum absolute atomic E-state index is 14.0. The quantitative estimate of drug-likeness (QED) is 0.0779. The second kappa shape index (κ2) is 21.4. The smallest absolute Gasteiger partial charge is 0.280 e. The van der Waals surface area contributed by atoms with Gasteiger partial charge in [-0.3, -0.25) is 15.0 Å². The van der Waals surface area contributed by atoms with Crippen LogP contribution in [-0.2, 0) is 9.59 Å². The fourth-order valence-corrected chi connectivity index (χ4v) is 7.36. The number of azo groups is 1. The normalized spacial score (nSPS) is 15.2. The highest BCUT2D eigenvalue weighted by molar-refractivity contribution is 6.38. The van der Waals surface area contributed by atoms with Crippen LogP contribution in [0.15, 0.2) is 57.7 Å². The Morgan fingerprint density at radius 1 is 0.833 bits per heavy atom. The first-order valence-electron chi connectivity index (χ1n) is 19.4. The van der Waals surface area contributed by atoms with E-state index < -0.39 is 11.9 Å². The van der Waals surface area contributed by atoms with Crippen LogP contribution in [0.1, 0.15) is 133 Å². The van der Waals surface area contributed by atoms with Crippen molar-refractivity contribution in [2.24, 2.45) is 15.2 Å². The van der Waals surface area contributed by atoms with E-state index in [2.05, 4.69) is 27.9 Å². The summed E-state index contributed by atoms with van der Waals surface area (Å²) in [5, 5.41) is 24.6. The minimum Gasteiger partial charge on any atom is -0.508 e. The Kier molecular flexibility index (Phi) is 17.1. The first-order valence-corrected chi connectivity index (χ1v) is 20.5. The van der Waals surface area contributed by atoms with Gasteiger partial charge in [0, 0.05) is 17.1 Å². The van der Waals surface area contributed by atoms with Crippen molar-refractivity contribution in [1.29, 1.82) is 0 Å². The zero-order valence-electron chi connectivity index (χ0n) is 32.3. The Labute approximate surface area is 335 Å². The molecule has 0 bridgehead atoms. The standard InChI is InChI=1S/C42H55Cl3N6O3/c1-6-7-8-9-10-11-12-13-14-15-16-17-18-19-38(53)46-31-20-21-33(44)36(25-31)47-41-39(49-48-35-26-32(27(2)3)37(52)23-28(35)4)42(54)51(50-41)40-29(5)22-30(43)24-34(40)45/h20-27,39,52H,6-19H2,1-5H3,(H,46,53)(H,47,50). The number of amidine groups is 1. The predicted octanol–water partition coefficient (Wildman–Crippen LogP) is 13.2. The lowest BCUT2D eigenvalue weighted by Crippen LogP contribution is -2.36. The third-order valence-electron chi connectivity index (χ3n) is 9.61. The van der Waals surface area contributed by atoms with E-state index in [0.29, 0.717) is 55.9 Å². The van der Waals surface area contributed by atoms with Gasteiger partial charge in [-0.05, 0) is 85.3 Å². The fraction of sp³-hybridized carbons (Fsp3) is 0.500. The van der Waals surface area contributed by atoms with E-state index in [1.54, 1.807) is 49.4 Å². The maximum Gasteiger partial charge on any atom is 0.280 e. The number of hydrazine groups is 1. The Morgan fingerprint density at radius 2 is 1.46 bits per heavy atom. The van der Waals surface area contributed by atoms with E-state index in [1.165, 1.54) is 69.2 Å². The number of amides is 2. The predicted molar refractivity (Wildman–Crippen MR) is 225 cm³/mol. The summed E-state index contributed by atoms with van der Waals surface area (Å²) in [4.78, 5) is 31.6. The van der Waals surface area contributed by atoms with E-state index in [1.807, 2.05) is 20.8 Å². The van der Waals surface area contributed by atoms with Crippen LogP contribution in [0, 0.1) is 13.8 Å². The number of phenolic OH excluding ortho intramolecular Hbond substituents is 1. The van der Waals surface area contributed by atoms with Crippen molar-refractivity contribution in [2.75, 3.05) is 10.3 Å². The molecule has 54 heavy (non-hydrogen) atoms. The molecular formula is C42H55Cl3N6O3. The molecule has 0 spiro atoms. The van der Waals surface area contributed by atoms with Crippen LogP contribution in [0.2, 0.25) is 15.1 Å². The highest BCUT2D eigenvalue weighted by Crippen LogP contribution is 2.37. The largest absolute Gasteiger partial charge is 0.508 e. The minimum absolute atomic E-state index is 0.0428. The van der Waals surface area contributed by atoms with Crippen molar-refractivity contribution in [3.05, 3.63) is 74.2 Å². The molecule has 3 N–H and O–H groups in total. The molecule has 1 unspecified atom stereocenters. The number of hydrogen-bond acceptors (Lipinski definition) is 6. The molecule has 2 amide bonds. The Bertz CT molecular complexity index is 1790. The lowest BCUT2D eigenvalue weighted by Gasteiger charge is -2.20. The molecule has 1 saturated heterocycles. The summed E-state index contributed by atoms with van der Waals surface area (Å²) >= 11 is 19.4. The SMILES string of the molecule is CCCCCCCCCCCCCCCC(=O)Nc1ccc(Cl)c(N=C2NN(c3c(C)cc(Cl)cc3Cl)C(=O)C2N=Nc2cc(C(C)C)c(O)cc2C)c1. The monoisotopic (exact) mass is 796 g/mol. The summed E-state index contributed by atoms with van der Waals surface area (Å²) in [6.07, 6.45) is 16.6. The number of nitrogens with zero attached hydrogens (tertiary/aromatic N) is 4. The number of carbonyl (C=O) groups excluding carboxylic acids is 2. The summed E-state index contributed by atoms with van der Waals surface area (Å²) in [6.45, 7) is 9.79. The van der Waals surface area contributed by atoms with Crippen LogP contribution >= 0.6 is 34.8 Å². The van der Waals surface area contributed by atoms with E-state index in [0.717, 1.165) is 19.3 Å². The average molecular weight is 798 g/mol. The van der Waals surface area contributed by atoms with Crippen molar-refractivity contribution < 1.29 is 14.7 Å². The molecule has 1 aliphatic heterocycles. The third-order valence-corrected chi connectivity index (χ3v) is 10.4. The molecule has 9 nitrogen and oxygen atoms in total. The number of aryl methyl sites for hydroxylation is 2. The molecule has 0 radical (unpaired) electrons. The number of hydrogen-bond donors (Lipinski definition) is 3. The van der Waals surface area contributed by atoms with Crippen LogP contribution in [0.25, 0.3) is 0 Å². The van der Waals surface area contributed by atoms with Gasteiger partial charge in [0.1, 0.15) is 5.75 Å². The lowest BCUT2D eigenvalue weighted by molar-refractivity contribution is -0.118. The molecule has 0 saturated carbocycles. The molecule has 3 aromatic carbocycles. The molecule has 1 atom stereocenters. The number of nitrogens with one attached hydrogen (secondary N) is 2. The second-order valence-electron chi connectivity index (χ2n) is 14.5. The van der Waals surface area contributed by atoms with E-state index in [4.69, 9.17) is 39.8 Å². The van der Waals surface area contributed by atoms with Crippen LogP contribution in [-0.4, -0.2) is 28.8 Å². The van der Waals surface area contributed by atoms with Gasteiger partial charge in [0.05, 0.1) is 27.1 Å². The number of halogens is 3. The van der Waals surface area contributed by atoms with Gasteiger partial charge in [0.25, 0.3) is 5.91 Å². The van der Waals surface area contributed by atoms with Gasteiger partial charge in [-0.25, -0.2) is 10.0 Å². The number of aliphatic imine (C=N–C) groups is 1. The van der Waals surface area contributed by atoms with Crippen molar-refractivity contribution in [3.8, 4) is 5.75 Å². The minimum atomic E-state index is -1.18. The Balaban J connectivity index is 1.44. The van der Waals surface area contributed by atoms with Crippen LogP contribution < -0.4 is 15.8 Å². The molecular weight excluding hydrogens is 743 g/mol. The maximum atomic E-state index is 14.0. The number of anilines is 2. The van der Waals surface area contributed by atoms with Gasteiger partial charge in [-0.2, -0.15) is 10.2 Å². The average Bonchev–Trinajstić information content (AvgIpc) is 3.40. The van der Waals surface area contributed by atoms with Crippen LogP contribution in [0.5, 0.6) is 5.75 Å². The van der Waals surface area contributed by atoms with Gasteiger partial charge in [0.15, 0.2) is 5.84 Å². The van der Waals surface area contributed by atoms with Gasteiger partial charge < -0.3 is 10.4 Å². The van der Waals surface area contributed by atoms with Crippen molar-refractivity contribution >= 4 is 75.2 Å². The Morgan fingerprint density at radius 3 is 2.07 bits per heavy atom. The summed E-state index contributed by atoms with van der Waals surface area (Å²) in [5.41, 5.74) is 6.91. The van der Waals surface area contributed by atoms with E-state index in [-0.39, 0.29) is 28.4 Å². The summed E-state index contributed by atoms with van der Waals surface area (Å²) in [5.74, 6) is -0.173. The third kappa shape index (κ3) is 12.4. The molecule has 0 aliphatic carbocycles. The van der Waals surface area contributed by atoms with E-state index >= 15 is 0 Å².